The van der Waals surface area contributed by atoms with Crippen molar-refractivity contribution in [2.45, 2.75) is 33.7 Å². The van der Waals surface area contributed by atoms with Crippen LogP contribution in [0, 0.1) is 0 Å². The van der Waals surface area contributed by atoms with Crippen molar-refractivity contribution in [2.75, 3.05) is 0 Å². The number of rotatable bonds is 3. The normalized spacial score (nSPS) is 15.6. The summed E-state index contributed by atoms with van der Waals surface area (Å²) in [4.78, 5) is 4.48. The third-order valence-electron chi connectivity index (χ3n) is 2.85. The zero-order chi connectivity index (χ0) is 12.3. The summed E-state index contributed by atoms with van der Waals surface area (Å²) in [5.74, 6) is 0. The molecular weight excluding hydrogens is 214 g/mol. The van der Waals surface area contributed by atoms with E-state index in [0.717, 1.165) is 22.4 Å². The van der Waals surface area contributed by atoms with E-state index in [4.69, 9.17) is 4.74 Å². The van der Waals surface area contributed by atoms with Crippen molar-refractivity contribution in [3.05, 3.63) is 46.8 Å². The lowest BCUT2D eigenvalue weighted by Gasteiger charge is -2.08. The Balaban J connectivity index is 2.49. The van der Waals surface area contributed by atoms with Gasteiger partial charge in [-0.1, -0.05) is 18.2 Å². The van der Waals surface area contributed by atoms with E-state index in [-0.39, 0.29) is 6.61 Å². The van der Waals surface area contributed by atoms with E-state index < -0.39 is 0 Å². The Kier molecular flexibility index (Phi) is 3.71. The third-order valence-corrected chi connectivity index (χ3v) is 2.85. The van der Waals surface area contributed by atoms with Crippen molar-refractivity contribution >= 4 is 5.57 Å². The number of aromatic nitrogens is 1. The van der Waals surface area contributed by atoms with Gasteiger partial charge >= 0.3 is 0 Å². The van der Waals surface area contributed by atoms with Gasteiger partial charge in [0.1, 0.15) is 0 Å². The van der Waals surface area contributed by atoms with E-state index in [2.05, 4.69) is 4.98 Å². The van der Waals surface area contributed by atoms with Crippen LogP contribution in [-0.2, 0) is 24.6 Å². The zero-order valence-electron chi connectivity index (χ0n) is 10.2. The molecule has 2 rings (SSSR count). The molecule has 0 bridgehead atoms. The predicted octanol–water partition coefficient (Wildman–Crippen LogP) is 2.58. The van der Waals surface area contributed by atoms with Crippen LogP contribution in [0.15, 0.2) is 24.3 Å². The van der Waals surface area contributed by atoms with Gasteiger partial charge in [-0.25, -0.2) is 0 Å². The highest BCUT2D eigenvalue weighted by atomic mass is 16.5. The fraction of sp³-hybridized carbons (Fsp3) is 0.357. The standard InChI is InChI=1S/C14H17NO2/c1-3-4-5-10(2)14-13-9-17-8-11(13)6-12(7-16)15-14/h3-6,16H,7-9H2,1-2H3/b4-3-,10-5+. The molecule has 0 fully saturated rings. The van der Waals surface area contributed by atoms with Crippen LogP contribution in [0.5, 0.6) is 0 Å². The molecule has 1 aliphatic heterocycles. The first kappa shape index (κ1) is 12.0. The molecule has 1 aromatic rings. The van der Waals surface area contributed by atoms with Crippen LogP contribution in [0.25, 0.3) is 5.57 Å². The van der Waals surface area contributed by atoms with Gasteiger partial charge in [-0.2, -0.15) is 0 Å². The van der Waals surface area contributed by atoms with Crippen molar-refractivity contribution in [2.24, 2.45) is 0 Å². The molecule has 17 heavy (non-hydrogen) atoms. The Labute approximate surface area is 101 Å². The number of fused-ring (bicyclic) bond motifs is 1. The molecule has 2 heterocycles. The van der Waals surface area contributed by atoms with Crippen molar-refractivity contribution in [1.29, 1.82) is 0 Å². The summed E-state index contributed by atoms with van der Waals surface area (Å²) in [7, 11) is 0. The maximum absolute atomic E-state index is 9.21. The Morgan fingerprint density at radius 3 is 3.06 bits per heavy atom. The fourth-order valence-electron chi connectivity index (χ4n) is 1.96. The monoisotopic (exact) mass is 231 g/mol. The highest BCUT2D eigenvalue weighted by Gasteiger charge is 2.18. The molecule has 3 heteroatoms. The molecule has 0 spiro atoms. The maximum atomic E-state index is 9.21. The van der Waals surface area contributed by atoms with Gasteiger partial charge in [0.05, 0.1) is 31.2 Å². The largest absolute Gasteiger partial charge is 0.390 e. The van der Waals surface area contributed by atoms with Crippen LogP contribution in [-0.4, -0.2) is 10.1 Å². The molecule has 0 atom stereocenters. The van der Waals surface area contributed by atoms with Gasteiger partial charge in [0.15, 0.2) is 0 Å². The van der Waals surface area contributed by atoms with Crippen LogP contribution in [0.1, 0.15) is 36.4 Å². The highest BCUT2D eigenvalue weighted by Crippen LogP contribution is 2.27. The Morgan fingerprint density at radius 2 is 2.35 bits per heavy atom. The van der Waals surface area contributed by atoms with Crippen LogP contribution >= 0.6 is 0 Å². The summed E-state index contributed by atoms with van der Waals surface area (Å²) in [6, 6.07) is 1.93. The smallest absolute Gasteiger partial charge is 0.0853 e. The predicted molar refractivity (Wildman–Crippen MR) is 67.1 cm³/mol. The second-order valence-corrected chi connectivity index (χ2v) is 4.13. The van der Waals surface area contributed by atoms with Gasteiger partial charge in [0.2, 0.25) is 0 Å². The van der Waals surface area contributed by atoms with E-state index in [1.165, 1.54) is 0 Å². The van der Waals surface area contributed by atoms with Gasteiger partial charge < -0.3 is 9.84 Å². The lowest BCUT2D eigenvalue weighted by atomic mass is 10.0. The van der Waals surface area contributed by atoms with Gasteiger partial charge in [0.25, 0.3) is 0 Å². The first-order valence-electron chi connectivity index (χ1n) is 5.76. The molecular formula is C14H17NO2. The van der Waals surface area contributed by atoms with Crippen LogP contribution in [0.2, 0.25) is 0 Å². The summed E-state index contributed by atoms with van der Waals surface area (Å²) >= 11 is 0. The third kappa shape index (κ3) is 2.46. The van der Waals surface area contributed by atoms with Gasteiger partial charge in [-0.15, -0.1) is 0 Å². The number of aliphatic hydroxyl groups is 1. The summed E-state index contributed by atoms with van der Waals surface area (Å²) in [6.45, 7) is 5.22. The number of hydrogen-bond donors (Lipinski definition) is 1. The molecule has 0 saturated carbocycles. The van der Waals surface area contributed by atoms with Crippen molar-refractivity contribution in [1.82, 2.24) is 4.98 Å². The Morgan fingerprint density at radius 1 is 1.53 bits per heavy atom. The number of hydrogen-bond acceptors (Lipinski definition) is 3. The lowest BCUT2D eigenvalue weighted by Crippen LogP contribution is -2.00. The SMILES string of the molecule is C/C=C\C=C(/C)c1nc(CO)cc2c1COC2. The molecule has 0 aromatic carbocycles. The van der Waals surface area contributed by atoms with E-state index in [1.807, 2.05) is 38.1 Å². The Bertz CT molecular complexity index is 475. The average Bonchev–Trinajstić information content (AvgIpc) is 2.82. The molecule has 0 saturated heterocycles. The van der Waals surface area contributed by atoms with Crippen molar-refractivity contribution in [3.8, 4) is 0 Å². The summed E-state index contributed by atoms with van der Waals surface area (Å²) in [5, 5.41) is 9.21. The molecule has 90 valence electrons. The minimum absolute atomic E-state index is 0.0306. The molecule has 1 aliphatic rings. The highest BCUT2D eigenvalue weighted by molar-refractivity contribution is 5.66. The second-order valence-electron chi connectivity index (χ2n) is 4.13. The lowest BCUT2D eigenvalue weighted by molar-refractivity contribution is 0.134. The maximum Gasteiger partial charge on any atom is 0.0853 e. The van der Waals surface area contributed by atoms with Crippen LogP contribution in [0.4, 0.5) is 0 Å². The summed E-state index contributed by atoms with van der Waals surface area (Å²) in [6.07, 6.45) is 6.00. The molecule has 1 N–H and O–H groups in total. The number of aliphatic hydroxyl groups excluding tert-OH is 1. The van der Waals surface area contributed by atoms with Gasteiger partial charge in [0, 0.05) is 5.56 Å². The summed E-state index contributed by atoms with van der Waals surface area (Å²) in [5.41, 5.74) is 5.05. The summed E-state index contributed by atoms with van der Waals surface area (Å²) < 4.78 is 5.44. The van der Waals surface area contributed by atoms with Crippen molar-refractivity contribution < 1.29 is 9.84 Å². The van der Waals surface area contributed by atoms with Crippen LogP contribution in [0.3, 0.4) is 0 Å². The Hall–Kier alpha value is -1.45. The fourth-order valence-corrected chi connectivity index (χ4v) is 1.96. The van der Waals surface area contributed by atoms with Crippen LogP contribution < -0.4 is 0 Å². The molecule has 3 nitrogen and oxygen atoms in total. The quantitative estimate of drug-likeness (QED) is 0.813. The molecule has 0 amide bonds. The van der Waals surface area contributed by atoms with Gasteiger partial charge in [-0.3, -0.25) is 4.98 Å². The van der Waals surface area contributed by atoms with E-state index in [0.29, 0.717) is 18.9 Å². The first-order chi connectivity index (χ1) is 8.26. The minimum Gasteiger partial charge on any atom is -0.390 e. The molecule has 0 unspecified atom stereocenters. The molecule has 0 aliphatic carbocycles. The van der Waals surface area contributed by atoms with Gasteiger partial charge in [-0.05, 0) is 31.1 Å². The number of ether oxygens (including phenoxy) is 1. The van der Waals surface area contributed by atoms with Crippen molar-refractivity contribution in [3.63, 3.8) is 0 Å². The zero-order valence-corrected chi connectivity index (χ0v) is 10.2. The van der Waals surface area contributed by atoms with E-state index in [1.54, 1.807) is 0 Å². The molecule has 1 aromatic heterocycles. The average molecular weight is 231 g/mol. The number of allylic oxidation sites excluding steroid dienone is 4. The molecule has 0 radical (unpaired) electrons. The second kappa shape index (κ2) is 5.25. The number of nitrogens with zero attached hydrogens (tertiary/aromatic N) is 1. The first-order valence-corrected chi connectivity index (χ1v) is 5.76. The van der Waals surface area contributed by atoms with E-state index >= 15 is 0 Å². The topological polar surface area (TPSA) is 42.4 Å². The number of pyridine rings is 1. The minimum atomic E-state index is -0.0306. The van der Waals surface area contributed by atoms with E-state index in [9.17, 15) is 5.11 Å².